The summed E-state index contributed by atoms with van der Waals surface area (Å²) in [7, 11) is -3.85. The van der Waals surface area contributed by atoms with Gasteiger partial charge < -0.3 is 10.1 Å². The summed E-state index contributed by atoms with van der Waals surface area (Å²) >= 11 is 0. The fourth-order valence-corrected chi connectivity index (χ4v) is 4.04. The number of amides is 1. The molecule has 168 valence electrons. The van der Waals surface area contributed by atoms with E-state index in [-0.39, 0.29) is 16.5 Å². The molecule has 3 rings (SSSR count). The molecule has 0 saturated carbocycles. The molecule has 0 aliphatic heterocycles. The standard InChI is InChI=1S/C24H25FN2O4S/c1-4-22(31-23-15-16(2)5-6-17(23)3)24(28)26-19-11-13-21(14-12-19)32(29,30)27-20-9-7-18(25)8-10-20/h5-15,22,27H,4H2,1-3H3,(H,26,28)/t22-/m0/s1. The van der Waals surface area contributed by atoms with Crippen LogP contribution in [-0.4, -0.2) is 20.4 Å². The number of carbonyl (C=O) groups excluding carboxylic acids is 1. The second-order valence-corrected chi connectivity index (χ2v) is 9.09. The van der Waals surface area contributed by atoms with Crippen molar-refractivity contribution in [2.24, 2.45) is 0 Å². The van der Waals surface area contributed by atoms with E-state index in [1.54, 1.807) is 0 Å². The highest BCUT2D eigenvalue weighted by atomic mass is 32.2. The summed E-state index contributed by atoms with van der Waals surface area (Å²) < 4.78 is 46.4. The number of hydrogen-bond acceptors (Lipinski definition) is 4. The molecule has 0 aromatic heterocycles. The monoisotopic (exact) mass is 456 g/mol. The van der Waals surface area contributed by atoms with Gasteiger partial charge in [-0.05, 0) is 86.0 Å². The molecule has 3 aromatic rings. The van der Waals surface area contributed by atoms with Gasteiger partial charge in [-0.1, -0.05) is 19.1 Å². The zero-order chi connectivity index (χ0) is 23.3. The first-order valence-electron chi connectivity index (χ1n) is 10.1. The summed E-state index contributed by atoms with van der Waals surface area (Å²) in [5.41, 5.74) is 2.66. The lowest BCUT2D eigenvalue weighted by atomic mass is 10.1. The van der Waals surface area contributed by atoms with E-state index in [0.29, 0.717) is 17.9 Å². The first-order chi connectivity index (χ1) is 15.2. The van der Waals surface area contributed by atoms with Crippen LogP contribution in [0.5, 0.6) is 5.75 Å². The van der Waals surface area contributed by atoms with Gasteiger partial charge in [0.1, 0.15) is 11.6 Å². The van der Waals surface area contributed by atoms with Crippen molar-refractivity contribution in [1.29, 1.82) is 0 Å². The lowest BCUT2D eigenvalue weighted by Crippen LogP contribution is -2.32. The van der Waals surface area contributed by atoms with Crippen molar-refractivity contribution in [3.63, 3.8) is 0 Å². The van der Waals surface area contributed by atoms with Crippen LogP contribution in [-0.2, 0) is 14.8 Å². The predicted molar refractivity (Wildman–Crippen MR) is 123 cm³/mol. The number of anilines is 2. The second-order valence-electron chi connectivity index (χ2n) is 7.41. The minimum Gasteiger partial charge on any atom is -0.480 e. The van der Waals surface area contributed by atoms with Crippen molar-refractivity contribution in [3.05, 3.63) is 83.7 Å². The number of nitrogens with one attached hydrogen (secondary N) is 2. The molecule has 1 atom stereocenters. The van der Waals surface area contributed by atoms with Crippen LogP contribution in [0, 0.1) is 19.7 Å². The van der Waals surface area contributed by atoms with Crippen molar-refractivity contribution < 1.29 is 22.3 Å². The number of hydrogen-bond donors (Lipinski definition) is 2. The Morgan fingerprint density at radius 3 is 2.22 bits per heavy atom. The van der Waals surface area contributed by atoms with Crippen LogP contribution in [0.2, 0.25) is 0 Å². The molecule has 3 aromatic carbocycles. The summed E-state index contributed by atoms with van der Waals surface area (Å²) in [6.45, 7) is 5.72. The quantitative estimate of drug-likeness (QED) is 0.497. The Hall–Kier alpha value is -3.39. The van der Waals surface area contributed by atoms with Gasteiger partial charge in [0.25, 0.3) is 15.9 Å². The van der Waals surface area contributed by atoms with E-state index in [1.165, 1.54) is 48.5 Å². The molecule has 0 saturated heterocycles. The van der Waals surface area contributed by atoms with Crippen molar-refractivity contribution >= 4 is 27.3 Å². The van der Waals surface area contributed by atoms with E-state index in [1.807, 2.05) is 39.0 Å². The molecule has 0 bridgehead atoms. The van der Waals surface area contributed by atoms with Crippen molar-refractivity contribution in [2.45, 2.75) is 38.2 Å². The van der Waals surface area contributed by atoms with Crippen LogP contribution >= 0.6 is 0 Å². The SMILES string of the molecule is CC[C@H](Oc1cc(C)ccc1C)C(=O)Nc1ccc(S(=O)(=O)Nc2ccc(F)cc2)cc1. The summed E-state index contributed by atoms with van der Waals surface area (Å²) in [5.74, 6) is -0.131. The first kappa shape index (κ1) is 23.3. The molecule has 2 N–H and O–H groups in total. The average molecular weight is 457 g/mol. The largest absolute Gasteiger partial charge is 0.480 e. The molecular formula is C24H25FN2O4S. The highest BCUT2D eigenvalue weighted by Crippen LogP contribution is 2.23. The van der Waals surface area contributed by atoms with E-state index in [0.717, 1.165) is 11.1 Å². The second kappa shape index (κ2) is 9.82. The van der Waals surface area contributed by atoms with E-state index in [4.69, 9.17) is 4.74 Å². The zero-order valence-electron chi connectivity index (χ0n) is 18.1. The van der Waals surface area contributed by atoms with Crippen molar-refractivity contribution in [1.82, 2.24) is 0 Å². The summed E-state index contributed by atoms with van der Waals surface area (Å²) in [5, 5.41) is 2.76. The van der Waals surface area contributed by atoms with E-state index < -0.39 is 21.9 Å². The minimum absolute atomic E-state index is 0.0125. The third-order valence-corrected chi connectivity index (χ3v) is 6.20. The van der Waals surface area contributed by atoms with E-state index >= 15 is 0 Å². The highest BCUT2D eigenvalue weighted by Gasteiger charge is 2.20. The summed E-state index contributed by atoms with van der Waals surface area (Å²) in [6.07, 6.45) is -0.230. The lowest BCUT2D eigenvalue weighted by Gasteiger charge is -2.19. The molecule has 1 amide bonds. The van der Waals surface area contributed by atoms with Gasteiger partial charge in [0.05, 0.1) is 4.90 Å². The Balaban J connectivity index is 1.67. The zero-order valence-corrected chi connectivity index (χ0v) is 18.9. The van der Waals surface area contributed by atoms with Crippen LogP contribution in [0.3, 0.4) is 0 Å². The van der Waals surface area contributed by atoms with Gasteiger partial charge in [-0.3, -0.25) is 9.52 Å². The summed E-state index contributed by atoms with van der Waals surface area (Å²) in [4.78, 5) is 12.7. The Morgan fingerprint density at radius 1 is 0.969 bits per heavy atom. The average Bonchev–Trinajstić information content (AvgIpc) is 2.76. The Bertz CT molecular complexity index is 1190. The van der Waals surface area contributed by atoms with Crippen molar-refractivity contribution in [3.8, 4) is 5.75 Å². The van der Waals surface area contributed by atoms with Gasteiger partial charge >= 0.3 is 0 Å². The smallest absolute Gasteiger partial charge is 0.265 e. The Morgan fingerprint density at radius 2 is 1.59 bits per heavy atom. The summed E-state index contributed by atoms with van der Waals surface area (Å²) in [6, 6.07) is 16.6. The molecule has 0 spiro atoms. The molecule has 6 nitrogen and oxygen atoms in total. The maximum Gasteiger partial charge on any atom is 0.265 e. The van der Waals surface area contributed by atoms with E-state index in [2.05, 4.69) is 10.0 Å². The van der Waals surface area contributed by atoms with Gasteiger partial charge in [-0.2, -0.15) is 0 Å². The van der Waals surface area contributed by atoms with Crippen LogP contribution in [0.25, 0.3) is 0 Å². The van der Waals surface area contributed by atoms with Crippen LogP contribution in [0.1, 0.15) is 24.5 Å². The van der Waals surface area contributed by atoms with Gasteiger partial charge in [0.15, 0.2) is 6.10 Å². The first-order valence-corrected chi connectivity index (χ1v) is 11.6. The molecule has 8 heteroatoms. The molecule has 0 unspecified atom stereocenters. The third kappa shape index (κ3) is 5.85. The number of aryl methyl sites for hydroxylation is 2. The number of sulfonamides is 1. The third-order valence-electron chi connectivity index (χ3n) is 4.80. The Labute approximate surface area is 187 Å². The maximum atomic E-state index is 13.0. The van der Waals surface area contributed by atoms with Crippen LogP contribution in [0.15, 0.2) is 71.6 Å². The maximum absolute atomic E-state index is 13.0. The van der Waals surface area contributed by atoms with Crippen LogP contribution in [0.4, 0.5) is 15.8 Å². The van der Waals surface area contributed by atoms with Gasteiger partial charge in [0, 0.05) is 11.4 Å². The molecule has 0 aliphatic carbocycles. The van der Waals surface area contributed by atoms with Gasteiger partial charge in [0.2, 0.25) is 0 Å². The number of ether oxygens (including phenoxy) is 1. The number of benzene rings is 3. The number of rotatable bonds is 8. The fourth-order valence-electron chi connectivity index (χ4n) is 2.98. The molecule has 0 aliphatic rings. The van der Waals surface area contributed by atoms with Crippen LogP contribution < -0.4 is 14.8 Å². The van der Waals surface area contributed by atoms with Gasteiger partial charge in [-0.15, -0.1) is 0 Å². The fraction of sp³-hybridized carbons (Fsp3) is 0.208. The molecule has 32 heavy (non-hydrogen) atoms. The molecule has 0 fully saturated rings. The molecule has 0 heterocycles. The minimum atomic E-state index is -3.85. The molecule has 0 radical (unpaired) electrons. The Kier molecular flexibility index (Phi) is 7.15. The van der Waals surface area contributed by atoms with Gasteiger partial charge in [-0.25, -0.2) is 12.8 Å². The number of carbonyl (C=O) groups is 1. The lowest BCUT2D eigenvalue weighted by molar-refractivity contribution is -0.122. The van der Waals surface area contributed by atoms with E-state index in [9.17, 15) is 17.6 Å². The topological polar surface area (TPSA) is 84.5 Å². The predicted octanol–water partition coefficient (Wildman–Crippen LogP) is 5.04. The number of halogens is 1. The highest BCUT2D eigenvalue weighted by molar-refractivity contribution is 7.92. The van der Waals surface area contributed by atoms with Crippen molar-refractivity contribution in [2.75, 3.05) is 10.0 Å². The molecular weight excluding hydrogens is 431 g/mol. The normalized spacial score (nSPS) is 12.1.